The fraction of sp³-hybridized carbons (Fsp3) is 0.167. The molecule has 7 heteroatoms. The van der Waals surface area contributed by atoms with Gasteiger partial charge in [-0.3, -0.25) is 0 Å². The van der Waals surface area contributed by atoms with E-state index in [-0.39, 0.29) is 21.7 Å². The first-order valence-corrected chi connectivity index (χ1v) is 13.4. The summed E-state index contributed by atoms with van der Waals surface area (Å²) in [5.41, 5.74) is 6.60. The van der Waals surface area contributed by atoms with Gasteiger partial charge < -0.3 is 9.13 Å². The number of rotatable bonds is 2. The number of aromatic nitrogens is 2. The zero-order chi connectivity index (χ0) is 30.8. The molecular weight excluding hydrogens is 584 g/mol. The monoisotopic (exact) mass is 618 g/mol. The summed E-state index contributed by atoms with van der Waals surface area (Å²) < 4.78 is 56.2. The second-order valence-electron chi connectivity index (χ2n) is 9.71. The predicted molar refractivity (Wildman–Crippen MR) is 162 cm³/mol. The number of halogens is 4. The van der Waals surface area contributed by atoms with Crippen LogP contribution in [0.3, 0.4) is 0 Å². The number of aryl methyl sites for hydroxylation is 4. The third-order valence-electron chi connectivity index (χ3n) is 6.64. The Morgan fingerprint density at radius 2 is 0.860 bits per heavy atom. The summed E-state index contributed by atoms with van der Waals surface area (Å²) in [5, 5.41) is 0. The Bertz CT molecular complexity index is 1520. The van der Waals surface area contributed by atoms with Crippen LogP contribution in [0.4, 0.5) is 17.6 Å². The molecule has 2 aromatic heterocycles. The average molecular weight is 619 g/mol. The fourth-order valence-electron chi connectivity index (χ4n) is 4.45. The van der Waals surface area contributed by atoms with E-state index in [0.29, 0.717) is 11.4 Å². The van der Waals surface area contributed by atoms with Crippen molar-refractivity contribution in [2.75, 3.05) is 0 Å². The summed E-state index contributed by atoms with van der Waals surface area (Å²) in [6.45, 7) is 11.5. The van der Waals surface area contributed by atoms with E-state index in [1.165, 1.54) is 24.3 Å². The number of hydrogen-bond acceptors (Lipinski definition) is 0. The smallest absolute Gasteiger partial charge is 0.370 e. The van der Waals surface area contributed by atoms with Crippen molar-refractivity contribution >= 4 is 0 Å². The minimum absolute atomic E-state index is 0. The van der Waals surface area contributed by atoms with Crippen molar-refractivity contribution in [2.24, 2.45) is 0 Å². The molecule has 2 nitrogen and oxygen atoms in total. The first kappa shape index (κ1) is 35.3. The Labute approximate surface area is 266 Å². The van der Waals surface area contributed by atoms with Gasteiger partial charge in [0, 0.05) is 46.0 Å². The van der Waals surface area contributed by atoms with Gasteiger partial charge in [-0.2, -0.15) is 36.4 Å². The summed E-state index contributed by atoms with van der Waals surface area (Å²) in [6, 6.07) is 33.3. The summed E-state index contributed by atoms with van der Waals surface area (Å²) in [5.74, 6) is -2.69. The molecule has 220 valence electrons. The summed E-state index contributed by atoms with van der Waals surface area (Å²) in [4.78, 5) is 0. The molecule has 2 heterocycles. The van der Waals surface area contributed by atoms with Crippen LogP contribution in [0.25, 0.3) is 11.4 Å². The Balaban J connectivity index is 0.000000223. The van der Waals surface area contributed by atoms with Crippen LogP contribution in [0, 0.1) is 76.9 Å². The van der Waals surface area contributed by atoms with Crippen molar-refractivity contribution < 1.29 is 39.3 Å². The van der Waals surface area contributed by atoms with Crippen LogP contribution in [0.1, 0.15) is 33.9 Å². The van der Waals surface area contributed by atoms with Gasteiger partial charge >= 0.3 is 21.7 Å². The fourth-order valence-corrected chi connectivity index (χ4v) is 4.45. The average Bonchev–Trinajstić information content (AvgIpc) is 3.76. The van der Waals surface area contributed by atoms with Gasteiger partial charge in [-0.05, 0) is 76.2 Å². The topological polar surface area (TPSA) is 9.86 Å². The molecule has 0 aliphatic carbocycles. The molecule has 0 bridgehead atoms. The third kappa shape index (κ3) is 9.57. The zero-order valence-electron chi connectivity index (χ0n) is 25.1. The second kappa shape index (κ2) is 16.7. The van der Waals surface area contributed by atoms with Crippen molar-refractivity contribution in [1.29, 1.82) is 0 Å². The number of nitrogens with zero attached hydrogens (tertiary/aromatic N) is 2. The summed E-state index contributed by atoms with van der Waals surface area (Å²) >= 11 is 0. The molecule has 0 amide bonds. The molecule has 43 heavy (non-hydrogen) atoms. The van der Waals surface area contributed by atoms with Crippen molar-refractivity contribution in [1.82, 2.24) is 9.13 Å². The molecule has 0 spiro atoms. The molecular formula is C36H34F4N2Ti. The van der Waals surface area contributed by atoms with E-state index in [4.69, 9.17) is 0 Å². The van der Waals surface area contributed by atoms with Crippen molar-refractivity contribution in [2.45, 2.75) is 41.5 Å². The molecule has 0 atom stereocenters. The Morgan fingerprint density at radius 1 is 0.535 bits per heavy atom. The van der Waals surface area contributed by atoms with Crippen molar-refractivity contribution in [3.63, 3.8) is 0 Å². The molecule has 0 unspecified atom stereocenters. The minimum atomic E-state index is -0.680. The van der Waals surface area contributed by atoms with Crippen LogP contribution in [0.2, 0.25) is 0 Å². The van der Waals surface area contributed by atoms with E-state index in [1.807, 2.05) is 126 Å². The SMILES string of the molecule is Cc1cc(C)n(-c2ccc(F)[c-]c2F)c1C.Cc1cc(C)n(-c2ccc(F)[c-]c2F)c1C.[Ti+4].c1cc[cH-]c1.c1cc[cH-]c1. The van der Waals surface area contributed by atoms with Crippen LogP contribution in [-0.2, 0) is 21.7 Å². The van der Waals surface area contributed by atoms with Gasteiger partial charge in [-0.25, -0.2) is 41.8 Å². The first-order chi connectivity index (χ1) is 20.0. The molecule has 4 aromatic carbocycles. The maximum Gasteiger partial charge on any atom is 4.00 e. The van der Waals surface area contributed by atoms with Crippen molar-refractivity contribution in [3.8, 4) is 11.4 Å². The molecule has 6 aromatic rings. The van der Waals surface area contributed by atoms with E-state index in [0.717, 1.165) is 33.9 Å². The van der Waals surface area contributed by atoms with Crippen molar-refractivity contribution in [3.05, 3.63) is 166 Å². The van der Waals surface area contributed by atoms with Crippen LogP contribution in [0.15, 0.2) is 97.1 Å². The zero-order valence-corrected chi connectivity index (χ0v) is 26.7. The van der Waals surface area contributed by atoms with Gasteiger partial charge in [-0.1, -0.05) is 0 Å². The molecule has 0 aliphatic heterocycles. The van der Waals surface area contributed by atoms with E-state index in [9.17, 15) is 17.6 Å². The summed E-state index contributed by atoms with van der Waals surface area (Å²) in [7, 11) is 0. The van der Waals surface area contributed by atoms with E-state index >= 15 is 0 Å². The minimum Gasteiger partial charge on any atom is -0.370 e. The largest absolute Gasteiger partial charge is 4.00 e. The first-order valence-electron chi connectivity index (χ1n) is 13.4. The Morgan fingerprint density at radius 3 is 1.07 bits per heavy atom. The van der Waals surface area contributed by atoms with Crippen LogP contribution in [-0.4, -0.2) is 9.13 Å². The standard InChI is InChI=1S/2C13H12F2N.2C5H5.Ti/c2*1-8-6-9(2)16(10(8)3)13-5-4-11(14)7-12(13)15;2*1-2-4-5-3-1;/h2*4-6H,1-3H3;2*1-5H;/q4*-1;+4. The van der Waals surface area contributed by atoms with Gasteiger partial charge in [-0.15, -0.1) is 36.4 Å². The van der Waals surface area contributed by atoms with Gasteiger partial charge in [0.05, 0.1) is 0 Å². The molecule has 0 radical (unpaired) electrons. The quantitative estimate of drug-likeness (QED) is 0.104. The number of hydrogen-bond donors (Lipinski definition) is 0. The normalized spacial score (nSPS) is 9.91. The van der Waals surface area contributed by atoms with Gasteiger partial charge in [0.1, 0.15) is 0 Å². The molecule has 0 saturated heterocycles. The van der Waals surface area contributed by atoms with Gasteiger partial charge in [0.15, 0.2) is 0 Å². The van der Waals surface area contributed by atoms with E-state index < -0.39 is 23.3 Å². The number of benzene rings is 2. The van der Waals surface area contributed by atoms with Gasteiger partial charge in [0.2, 0.25) is 0 Å². The predicted octanol–water partition coefficient (Wildman–Crippen LogP) is 9.77. The molecule has 0 saturated carbocycles. The molecule has 0 N–H and O–H groups in total. The van der Waals surface area contributed by atoms with Crippen LogP contribution >= 0.6 is 0 Å². The van der Waals surface area contributed by atoms with Crippen LogP contribution in [0.5, 0.6) is 0 Å². The van der Waals surface area contributed by atoms with Gasteiger partial charge in [0.25, 0.3) is 0 Å². The maximum absolute atomic E-state index is 13.6. The van der Waals surface area contributed by atoms with E-state index in [1.54, 1.807) is 9.13 Å². The Hall–Kier alpha value is -3.87. The summed E-state index contributed by atoms with van der Waals surface area (Å²) in [6.07, 6.45) is 0. The Kier molecular flexibility index (Phi) is 13.7. The van der Waals surface area contributed by atoms with Crippen LogP contribution < -0.4 is 0 Å². The maximum atomic E-state index is 13.6. The molecule has 0 aliphatic rings. The molecule has 0 fully saturated rings. The third-order valence-corrected chi connectivity index (χ3v) is 6.64. The molecule has 6 rings (SSSR count). The second-order valence-corrected chi connectivity index (χ2v) is 9.71. The van der Waals surface area contributed by atoms with E-state index in [2.05, 4.69) is 0 Å².